The summed E-state index contributed by atoms with van der Waals surface area (Å²) in [7, 11) is -3.40. The van der Waals surface area contributed by atoms with E-state index in [1.54, 1.807) is 22.7 Å². The van der Waals surface area contributed by atoms with Crippen molar-refractivity contribution in [3.05, 3.63) is 33.0 Å². The van der Waals surface area contributed by atoms with Crippen LogP contribution in [0.5, 0.6) is 0 Å². The lowest BCUT2D eigenvalue weighted by molar-refractivity contribution is 0.598. The predicted octanol–water partition coefficient (Wildman–Crippen LogP) is 8.01. The summed E-state index contributed by atoms with van der Waals surface area (Å²) in [5.41, 5.74) is 4.43. The molecule has 2 nitrogen and oxygen atoms in total. The van der Waals surface area contributed by atoms with Gasteiger partial charge in [-0.3, -0.25) is 0 Å². The average Bonchev–Trinajstić information content (AvgIpc) is 3.41. The van der Waals surface area contributed by atoms with E-state index in [2.05, 4.69) is 19.2 Å². The minimum Gasteiger partial charge on any atom is -0.218 e. The lowest BCUT2D eigenvalue weighted by Crippen LogP contribution is -1.99. The van der Waals surface area contributed by atoms with Crippen LogP contribution in [0.1, 0.15) is 22.3 Å². The molecule has 5 aromatic rings. The van der Waals surface area contributed by atoms with Gasteiger partial charge in [-0.25, -0.2) is 8.42 Å². The molecule has 0 bridgehead atoms. The summed E-state index contributed by atoms with van der Waals surface area (Å²) in [4.78, 5) is 5.31. The van der Waals surface area contributed by atoms with Crippen LogP contribution >= 0.6 is 56.7 Å². The van der Waals surface area contributed by atoms with Crippen LogP contribution in [0.3, 0.4) is 0 Å². The Bertz CT molecular complexity index is 1560. The zero-order valence-electron chi connectivity index (χ0n) is 15.4. The zero-order chi connectivity index (χ0) is 19.5. The first-order chi connectivity index (χ1) is 13.3. The highest BCUT2D eigenvalue weighted by Crippen LogP contribution is 2.58. The normalized spacial score (nSPS) is 15.0. The van der Waals surface area contributed by atoms with E-state index < -0.39 is 9.84 Å². The van der Waals surface area contributed by atoms with Crippen LogP contribution in [0.25, 0.3) is 38.3 Å². The molecule has 8 heteroatoms. The van der Waals surface area contributed by atoms with Gasteiger partial charge in [-0.05, 0) is 60.7 Å². The number of hydrogen-bond acceptors (Lipinski definition) is 7. The van der Waals surface area contributed by atoms with E-state index in [-0.39, 0.29) is 0 Å². The monoisotopic (exact) mass is 478 g/mol. The Morgan fingerprint density at radius 3 is 2.11 bits per heavy atom. The van der Waals surface area contributed by atoms with E-state index in [0.717, 1.165) is 25.8 Å². The van der Waals surface area contributed by atoms with Crippen molar-refractivity contribution in [3.8, 4) is 19.5 Å². The van der Waals surface area contributed by atoms with Crippen LogP contribution in [-0.4, -0.2) is 8.42 Å². The summed E-state index contributed by atoms with van der Waals surface area (Å²) in [5, 5.41) is 4.19. The molecular weight excluding hydrogens is 465 g/mol. The van der Waals surface area contributed by atoms with Crippen molar-refractivity contribution in [2.24, 2.45) is 0 Å². The van der Waals surface area contributed by atoms with E-state index in [9.17, 15) is 8.42 Å². The molecule has 142 valence electrons. The molecule has 28 heavy (non-hydrogen) atoms. The highest BCUT2D eigenvalue weighted by atomic mass is 32.2. The first kappa shape index (κ1) is 17.8. The molecule has 0 fully saturated rings. The Kier molecular flexibility index (Phi) is 3.53. The fourth-order valence-electron chi connectivity index (χ4n) is 4.02. The Balaban J connectivity index is 1.65. The molecule has 0 aliphatic carbocycles. The number of fused-ring (bicyclic) bond motifs is 6. The molecule has 5 aromatic heterocycles. The van der Waals surface area contributed by atoms with Gasteiger partial charge < -0.3 is 0 Å². The van der Waals surface area contributed by atoms with Crippen LogP contribution < -0.4 is 0 Å². The molecule has 0 saturated heterocycles. The second-order valence-electron chi connectivity index (χ2n) is 7.19. The Morgan fingerprint density at radius 1 is 0.607 bits per heavy atom. The highest BCUT2D eigenvalue weighted by molar-refractivity contribution is 7.92. The molecule has 1 aliphatic rings. The largest absolute Gasteiger partial charge is 0.218 e. The van der Waals surface area contributed by atoms with Crippen molar-refractivity contribution in [2.45, 2.75) is 37.5 Å². The first-order valence-electron chi connectivity index (χ1n) is 8.67. The SMILES string of the molecule is Cc1csc2c1S(=O)(=O)c1c-2sc(-c2sc3c(sc4c(C)csc43)c2C)c1C. The number of hydrogen-bond donors (Lipinski definition) is 0. The van der Waals surface area contributed by atoms with Gasteiger partial charge in [0, 0.05) is 9.75 Å². The van der Waals surface area contributed by atoms with Crippen LogP contribution in [0.2, 0.25) is 0 Å². The van der Waals surface area contributed by atoms with Crippen LogP contribution in [0, 0.1) is 27.7 Å². The summed E-state index contributed by atoms with van der Waals surface area (Å²) in [6.45, 7) is 8.23. The van der Waals surface area contributed by atoms with Gasteiger partial charge in [-0.15, -0.1) is 56.7 Å². The number of sulfone groups is 1. The number of aryl methyl sites for hydroxylation is 3. The third kappa shape index (κ3) is 1.99. The number of rotatable bonds is 1. The van der Waals surface area contributed by atoms with Crippen LogP contribution in [0.15, 0.2) is 20.6 Å². The van der Waals surface area contributed by atoms with Gasteiger partial charge >= 0.3 is 0 Å². The minimum atomic E-state index is -3.40. The molecule has 0 radical (unpaired) electrons. The van der Waals surface area contributed by atoms with E-state index in [0.29, 0.717) is 9.79 Å². The molecule has 1 aliphatic heterocycles. The fraction of sp³-hybridized carbons (Fsp3) is 0.200. The van der Waals surface area contributed by atoms with Crippen LogP contribution in [0.4, 0.5) is 0 Å². The topological polar surface area (TPSA) is 34.1 Å². The van der Waals surface area contributed by atoms with Crippen molar-refractivity contribution in [1.29, 1.82) is 0 Å². The second kappa shape index (κ2) is 5.56. The second-order valence-corrected chi connectivity index (χ2v) is 13.8. The molecule has 0 N–H and O–H groups in total. The Morgan fingerprint density at radius 2 is 1.32 bits per heavy atom. The van der Waals surface area contributed by atoms with Crippen molar-refractivity contribution >= 4 is 85.3 Å². The first-order valence-corrected chi connectivity index (χ1v) is 14.4. The van der Waals surface area contributed by atoms with E-state index in [1.807, 2.05) is 53.2 Å². The summed E-state index contributed by atoms with van der Waals surface area (Å²) in [6, 6.07) is 0. The smallest absolute Gasteiger partial charge is 0.210 e. The van der Waals surface area contributed by atoms with E-state index >= 15 is 0 Å². The lowest BCUT2D eigenvalue weighted by Gasteiger charge is -2.02. The van der Waals surface area contributed by atoms with Crippen molar-refractivity contribution in [3.63, 3.8) is 0 Å². The summed E-state index contributed by atoms with van der Waals surface area (Å²) in [6.07, 6.45) is 0. The highest BCUT2D eigenvalue weighted by Gasteiger charge is 2.40. The van der Waals surface area contributed by atoms with Gasteiger partial charge in [-0.1, -0.05) is 0 Å². The molecule has 0 atom stereocenters. The van der Waals surface area contributed by atoms with Gasteiger partial charge in [0.1, 0.15) is 0 Å². The van der Waals surface area contributed by atoms with E-state index in [4.69, 9.17) is 0 Å². The third-order valence-corrected chi connectivity index (χ3v) is 14.7. The number of thiophene rings is 5. The maximum atomic E-state index is 13.2. The molecule has 0 amide bonds. The van der Waals surface area contributed by atoms with Gasteiger partial charge in [0.15, 0.2) is 0 Å². The van der Waals surface area contributed by atoms with Gasteiger partial charge in [0.2, 0.25) is 9.84 Å². The lowest BCUT2D eigenvalue weighted by atomic mass is 10.2. The maximum Gasteiger partial charge on any atom is 0.210 e. The van der Waals surface area contributed by atoms with E-state index in [1.165, 1.54) is 34.8 Å². The summed E-state index contributed by atoms with van der Waals surface area (Å²) in [5.74, 6) is 0. The predicted molar refractivity (Wildman–Crippen MR) is 126 cm³/mol. The molecular formula is C20H14O2S6. The average molecular weight is 479 g/mol. The molecule has 0 aromatic carbocycles. The maximum absolute atomic E-state index is 13.2. The Hall–Kier alpha value is -1.03. The van der Waals surface area contributed by atoms with Crippen molar-refractivity contribution in [1.82, 2.24) is 0 Å². The standard InChI is InChI=1S/C20H14O2S6/c1-7-5-23-15-11(7)25-13-9(3)12(26-16(13)15)14-10(4)20-18(27-14)17-19(28(20,21)22)8(2)6-24-17/h5-6H,1-4H3. The van der Waals surface area contributed by atoms with Gasteiger partial charge in [-0.2, -0.15) is 0 Å². The van der Waals surface area contributed by atoms with Crippen LogP contribution in [-0.2, 0) is 9.84 Å². The quantitative estimate of drug-likeness (QED) is 0.240. The molecule has 0 spiro atoms. The summed E-state index contributed by atoms with van der Waals surface area (Å²) < 4.78 is 31.9. The molecule has 6 rings (SSSR count). The van der Waals surface area contributed by atoms with Crippen molar-refractivity contribution < 1.29 is 8.42 Å². The third-order valence-electron chi connectivity index (χ3n) is 5.38. The van der Waals surface area contributed by atoms with Gasteiger partial charge in [0.05, 0.1) is 38.3 Å². The Labute approximate surface area is 182 Å². The molecule has 6 heterocycles. The fourth-order valence-corrected chi connectivity index (χ4v) is 13.8. The summed E-state index contributed by atoms with van der Waals surface area (Å²) >= 11 is 8.73. The minimum absolute atomic E-state index is 0.535. The molecule has 0 unspecified atom stereocenters. The molecule has 0 saturated carbocycles. The van der Waals surface area contributed by atoms with Crippen molar-refractivity contribution in [2.75, 3.05) is 0 Å². The zero-order valence-corrected chi connectivity index (χ0v) is 20.3. The van der Waals surface area contributed by atoms with Gasteiger partial charge in [0.25, 0.3) is 0 Å².